The zero-order valence-electron chi connectivity index (χ0n) is 12.2. The Bertz CT molecular complexity index is 637. The summed E-state index contributed by atoms with van der Waals surface area (Å²) in [6.45, 7) is 4.18. The van der Waals surface area contributed by atoms with Crippen LogP contribution >= 0.6 is 12.2 Å². The van der Waals surface area contributed by atoms with E-state index in [1.54, 1.807) is 0 Å². The van der Waals surface area contributed by atoms with Crippen molar-refractivity contribution in [3.8, 4) is 0 Å². The van der Waals surface area contributed by atoms with Crippen molar-refractivity contribution in [3.05, 3.63) is 42.2 Å². The van der Waals surface area contributed by atoms with E-state index in [1.165, 1.54) is 18.2 Å². The van der Waals surface area contributed by atoms with Crippen LogP contribution in [0.1, 0.15) is 31.5 Å². The number of rotatable bonds is 3. The summed E-state index contributed by atoms with van der Waals surface area (Å²) in [4.78, 5) is 6.72. The average Bonchev–Trinajstić information content (AvgIpc) is 3.06. The molecular formula is C16H20N4S. The molecule has 1 atom stereocenters. The van der Waals surface area contributed by atoms with Crippen molar-refractivity contribution < 1.29 is 0 Å². The molecule has 2 aromatic rings. The van der Waals surface area contributed by atoms with E-state index in [-0.39, 0.29) is 6.04 Å². The first-order valence-electron chi connectivity index (χ1n) is 7.39. The SMILES string of the molecule is CC(NNC(=S)N1CCCC1)c1cc2ccccc2cn1. The van der Waals surface area contributed by atoms with Gasteiger partial charge in [-0.15, -0.1) is 0 Å². The van der Waals surface area contributed by atoms with E-state index in [0.29, 0.717) is 0 Å². The third-order valence-corrected chi connectivity index (χ3v) is 4.24. The molecule has 1 fully saturated rings. The van der Waals surface area contributed by atoms with Crippen molar-refractivity contribution in [3.63, 3.8) is 0 Å². The molecule has 0 radical (unpaired) electrons. The Morgan fingerprint density at radius 1 is 1.24 bits per heavy atom. The Morgan fingerprint density at radius 2 is 1.95 bits per heavy atom. The molecule has 0 saturated carbocycles. The summed E-state index contributed by atoms with van der Waals surface area (Å²) in [6.07, 6.45) is 4.37. The lowest BCUT2D eigenvalue weighted by atomic mass is 10.1. The van der Waals surface area contributed by atoms with Crippen molar-refractivity contribution in [2.45, 2.75) is 25.8 Å². The zero-order valence-corrected chi connectivity index (χ0v) is 13.0. The maximum Gasteiger partial charge on any atom is 0.183 e. The second kappa shape index (κ2) is 6.37. The molecule has 21 heavy (non-hydrogen) atoms. The molecule has 110 valence electrons. The Labute approximate surface area is 130 Å². The highest BCUT2D eigenvalue weighted by Gasteiger charge is 2.15. The first-order chi connectivity index (χ1) is 10.2. The van der Waals surface area contributed by atoms with Crippen molar-refractivity contribution in [1.29, 1.82) is 0 Å². The lowest BCUT2D eigenvalue weighted by molar-refractivity contribution is 0.460. The summed E-state index contributed by atoms with van der Waals surface area (Å²) in [7, 11) is 0. The van der Waals surface area contributed by atoms with Crippen molar-refractivity contribution in [2.24, 2.45) is 0 Å². The van der Waals surface area contributed by atoms with Gasteiger partial charge in [0.15, 0.2) is 5.11 Å². The number of aromatic nitrogens is 1. The second-order valence-electron chi connectivity index (χ2n) is 5.45. The first kappa shape index (κ1) is 14.2. The fraction of sp³-hybridized carbons (Fsp3) is 0.375. The van der Waals surface area contributed by atoms with Crippen LogP contribution in [-0.2, 0) is 0 Å². The molecule has 0 amide bonds. The number of benzene rings is 1. The van der Waals surface area contributed by atoms with E-state index in [4.69, 9.17) is 12.2 Å². The second-order valence-corrected chi connectivity index (χ2v) is 5.83. The number of hydrogen-bond acceptors (Lipinski definition) is 3. The molecule has 1 aliphatic rings. The number of thiocarbonyl (C=S) groups is 1. The van der Waals surface area contributed by atoms with Gasteiger partial charge in [-0.25, -0.2) is 5.43 Å². The molecular weight excluding hydrogens is 280 g/mol. The summed E-state index contributed by atoms with van der Waals surface area (Å²) < 4.78 is 0. The van der Waals surface area contributed by atoms with Crippen LogP contribution in [0.2, 0.25) is 0 Å². The van der Waals surface area contributed by atoms with Crippen LogP contribution in [0.15, 0.2) is 36.5 Å². The third-order valence-electron chi connectivity index (χ3n) is 3.88. The predicted octanol–water partition coefficient (Wildman–Crippen LogP) is 2.77. The van der Waals surface area contributed by atoms with Crippen LogP contribution in [0.25, 0.3) is 10.8 Å². The molecule has 5 heteroatoms. The smallest absolute Gasteiger partial charge is 0.183 e. The van der Waals surface area contributed by atoms with Gasteiger partial charge in [0.25, 0.3) is 0 Å². The van der Waals surface area contributed by atoms with Gasteiger partial charge < -0.3 is 4.90 Å². The minimum atomic E-state index is 0.0927. The van der Waals surface area contributed by atoms with Crippen LogP contribution < -0.4 is 10.9 Å². The van der Waals surface area contributed by atoms with Gasteiger partial charge in [-0.1, -0.05) is 24.3 Å². The first-order valence-corrected chi connectivity index (χ1v) is 7.80. The highest BCUT2D eigenvalue weighted by molar-refractivity contribution is 7.80. The van der Waals surface area contributed by atoms with Crippen molar-refractivity contribution >= 4 is 28.1 Å². The molecule has 3 rings (SSSR count). The molecule has 4 nitrogen and oxygen atoms in total. The molecule has 1 aliphatic heterocycles. The van der Waals surface area contributed by atoms with E-state index in [1.807, 2.05) is 18.3 Å². The number of fused-ring (bicyclic) bond motifs is 1. The fourth-order valence-corrected chi connectivity index (χ4v) is 2.82. The zero-order chi connectivity index (χ0) is 14.7. The number of likely N-dealkylation sites (tertiary alicyclic amines) is 1. The summed E-state index contributed by atoms with van der Waals surface area (Å²) >= 11 is 5.39. The molecule has 1 aromatic carbocycles. The highest BCUT2D eigenvalue weighted by atomic mass is 32.1. The van der Waals surface area contributed by atoms with Gasteiger partial charge in [0, 0.05) is 24.7 Å². The largest absolute Gasteiger partial charge is 0.348 e. The van der Waals surface area contributed by atoms with Gasteiger partial charge in [0.1, 0.15) is 0 Å². The summed E-state index contributed by atoms with van der Waals surface area (Å²) in [6, 6.07) is 10.5. The van der Waals surface area contributed by atoms with Crippen LogP contribution in [-0.4, -0.2) is 28.1 Å². The molecule has 1 unspecified atom stereocenters. The van der Waals surface area contributed by atoms with Gasteiger partial charge in [-0.05, 0) is 43.4 Å². The molecule has 0 aliphatic carbocycles. The molecule has 2 heterocycles. The maximum atomic E-state index is 5.39. The quantitative estimate of drug-likeness (QED) is 0.674. The Kier molecular flexibility index (Phi) is 4.31. The Balaban J connectivity index is 1.63. The molecule has 1 aromatic heterocycles. The standard InChI is InChI=1S/C16H20N4S/c1-12(18-19-16(21)20-8-4-5-9-20)15-10-13-6-2-3-7-14(13)11-17-15/h2-3,6-7,10-12,18H,4-5,8-9H2,1H3,(H,19,21). The molecule has 0 bridgehead atoms. The minimum Gasteiger partial charge on any atom is -0.348 e. The van der Waals surface area contributed by atoms with Crippen LogP contribution in [0, 0.1) is 0 Å². The molecule has 2 N–H and O–H groups in total. The van der Waals surface area contributed by atoms with E-state index in [2.05, 4.69) is 45.9 Å². The highest BCUT2D eigenvalue weighted by Crippen LogP contribution is 2.17. The minimum absolute atomic E-state index is 0.0927. The van der Waals surface area contributed by atoms with Gasteiger partial charge in [0.2, 0.25) is 0 Å². The van der Waals surface area contributed by atoms with Gasteiger partial charge in [-0.3, -0.25) is 10.4 Å². The summed E-state index contributed by atoms with van der Waals surface area (Å²) in [5.41, 5.74) is 7.39. The lowest BCUT2D eigenvalue weighted by Gasteiger charge is -2.22. The van der Waals surface area contributed by atoms with Gasteiger partial charge >= 0.3 is 0 Å². The van der Waals surface area contributed by atoms with Crippen LogP contribution in [0.5, 0.6) is 0 Å². The van der Waals surface area contributed by atoms with E-state index >= 15 is 0 Å². The van der Waals surface area contributed by atoms with Gasteiger partial charge in [-0.2, -0.15) is 0 Å². The Hall–Kier alpha value is -1.72. The van der Waals surface area contributed by atoms with Crippen LogP contribution in [0.4, 0.5) is 0 Å². The predicted molar refractivity (Wildman–Crippen MR) is 89.8 cm³/mol. The lowest BCUT2D eigenvalue weighted by Crippen LogP contribution is -2.46. The average molecular weight is 300 g/mol. The third kappa shape index (κ3) is 3.31. The van der Waals surface area contributed by atoms with E-state index in [0.717, 1.165) is 29.3 Å². The number of nitrogens with one attached hydrogen (secondary N) is 2. The number of pyridine rings is 1. The van der Waals surface area contributed by atoms with Crippen molar-refractivity contribution in [2.75, 3.05) is 13.1 Å². The van der Waals surface area contributed by atoms with E-state index < -0.39 is 0 Å². The van der Waals surface area contributed by atoms with Crippen molar-refractivity contribution in [1.82, 2.24) is 20.7 Å². The summed E-state index contributed by atoms with van der Waals surface area (Å²) in [5.74, 6) is 0. The molecule has 1 saturated heterocycles. The van der Waals surface area contributed by atoms with Gasteiger partial charge in [0.05, 0.1) is 11.7 Å². The van der Waals surface area contributed by atoms with E-state index in [9.17, 15) is 0 Å². The number of hydrogen-bond donors (Lipinski definition) is 2. The monoisotopic (exact) mass is 300 g/mol. The van der Waals surface area contributed by atoms with Crippen LogP contribution in [0.3, 0.4) is 0 Å². The fourth-order valence-electron chi connectivity index (χ4n) is 2.58. The maximum absolute atomic E-state index is 5.39. The normalized spacial score (nSPS) is 16.1. The number of nitrogens with zero attached hydrogens (tertiary/aromatic N) is 2. The topological polar surface area (TPSA) is 40.2 Å². The number of hydrazine groups is 1. The Morgan fingerprint density at radius 3 is 2.71 bits per heavy atom. The molecule has 0 spiro atoms. The summed E-state index contributed by atoms with van der Waals surface area (Å²) in [5, 5.41) is 3.15.